The van der Waals surface area contributed by atoms with E-state index in [1.54, 1.807) is 30.3 Å². The Bertz CT molecular complexity index is 1230. The molecule has 0 radical (unpaired) electrons. The number of aromatic nitrogens is 1. The first kappa shape index (κ1) is 21.3. The predicted molar refractivity (Wildman–Crippen MR) is 112 cm³/mol. The van der Waals surface area contributed by atoms with E-state index in [1.807, 2.05) is 23.6 Å². The zero-order valence-electron chi connectivity index (χ0n) is 16.2. The average molecular weight is 427 g/mol. The largest absolute Gasteiger partial charge is 0.481 e. The lowest BCUT2D eigenvalue weighted by Crippen LogP contribution is -2.13. The Morgan fingerprint density at radius 3 is 2.23 bits per heavy atom. The number of hydrogen-bond donors (Lipinski definition) is 3. The van der Waals surface area contributed by atoms with Gasteiger partial charge >= 0.3 is 5.97 Å². The summed E-state index contributed by atoms with van der Waals surface area (Å²) in [7, 11) is -3.81. The summed E-state index contributed by atoms with van der Waals surface area (Å²) in [5.74, 6) is -1.45. The minimum absolute atomic E-state index is 0.00236. The number of amides is 1. The maximum absolute atomic E-state index is 11.5. The third kappa shape index (κ3) is 4.42. The van der Waals surface area contributed by atoms with Crippen LogP contribution >= 0.6 is 0 Å². The molecule has 0 bridgehead atoms. The maximum atomic E-state index is 11.5. The Kier molecular flexibility index (Phi) is 5.77. The Balaban J connectivity index is 2.15. The molecule has 3 aromatic rings. The first-order valence-electron chi connectivity index (χ1n) is 9.04. The summed E-state index contributed by atoms with van der Waals surface area (Å²) in [4.78, 5) is 22.6. The molecule has 8 nitrogen and oxygen atoms in total. The molecule has 0 atom stereocenters. The van der Waals surface area contributed by atoms with E-state index in [0.717, 1.165) is 28.2 Å². The van der Waals surface area contributed by atoms with Crippen molar-refractivity contribution in [1.82, 2.24) is 4.57 Å². The number of nitrogens with two attached hydrogens (primary N) is 2. The van der Waals surface area contributed by atoms with Crippen molar-refractivity contribution >= 4 is 21.9 Å². The SMILES string of the molecule is Cc1cc(C(N)=O)ccc1-n1c(CCC(=O)O)ccc1-c1ccc(S(N)(=O)=O)cc1. The van der Waals surface area contributed by atoms with E-state index in [2.05, 4.69) is 0 Å². The van der Waals surface area contributed by atoms with Gasteiger partial charge in [0.05, 0.1) is 17.0 Å². The molecule has 3 rings (SSSR count). The molecular formula is C21H21N3O5S. The van der Waals surface area contributed by atoms with Crippen molar-refractivity contribution in [2.45, 2.75) is 24.7 Å². The zero-order chi connectivity index (χ0) is 22.1. The van der Waals surface area contributed by atoms with Gasteiger partial charge in [0, 0.05) is 16.9 Å². The van der Waals surface area contributed by atoms with Gasteiger partial charge in [-0.05, 0) is 66.9 Å². The number of carboxylic acids is 1. The molecule has 1 heterocycles. The summed E-state index contributed by atoms with van der Waals surface area (Å²) in [6.07, 6.45) is 0.244. The lowest BCUT2D eigenvalue weighted by Gasteiger charge is -2.17. The summed E-state index contributed by atoms with van der Waals surface area (Å²) < 4.78 is 25.0. The van der Waals surface area contributed by atoms with Gasteiger partial charge in [-0.3, -0.25) is 9.59 Å². The molecule has 0 saturated carbocycles. The lowest BCUT2D eigenvalue weighted by molar-refractivity contribution is -0.136. The highest BCUT2D eigenvalue weighted by molar-refractivity contribution is 7.89. The number of benzene rings is 2. The van der Waals surface area contributed by atoms with Crippen LogP contribution in [-0.2, 0) is 21.2 Å². The van der Waals surface area contributed by atoms with Crippen molar-refractivity contribution in [2.24, 2.45) is 10.9 Å². The monoisotopic (exact) mass is 427 g/mol. The molecule has 0 aliphatic heterocycles. The van der Waals surface area contributed by atoms with E-state index >= 15 is 0 Å². The van der Waals surface area contributed by atoms with Crippen LogP contribution in [0.15, 0.2) is 59.5 Å². The predicted octanol–water partition coefficient (Wildman–Crippen LogP) is 2.22. The normalized spacial score (nSPS) is 11.4. The molecule has 0 fully saturated rings. The highest BCUT2D eigenvalue weighted by atomic mass is 32.2. The second-order valence-corrected chi connectivity index (χ2v) is 8.44. The topological polar surface area (TPSA) is 145 Å². The molecule has 2 aromatic carbocycles. The number of carbonyl (C=O) groups excluding carboxylic acids is 1. The van der Waals surface area contributed by atoms with Crippen molar-refractivity contribution in [3.8, 4) is 16.9 Å². The second-order valence-electron chi connectivity index (χ2n) is 6.87. The van der Waals surface area contributed by atoms with E-state index < -0.39 is 21.9 Å². The molecule has 1 aromatic heterocycles. The van der Waals surface area contributed by atoms with Crippen molar-refractivity contribution in [1.29, 1.82) is 0 Å². The van der Waals surface area contributed by atoms with E-state index in [9.17, 15) is 18.0 Å². The minimum Gasteiger partial charge on any atom is -0.481 e. The molecule has 0 saturated heterocycles. The summed E-state index contributed by atoms with van der Waals surface area (Å²) in [5, 5.41) is 14.3. The van der Waals surface area contributed by atoms with E-state index in [0.29, 0.717) is 12.0 Å². The molecule has 0 spiro atoms. The molecule has 0 aliphatic rings. The second kappa shape index (κ2) is 8.13. The van der Waals surface area contributed by atoms with Gasteiger partial charge in [-0.25, -0.2) is 13.6 Å². The third-order valence-corrected chi connectivity index (χ3v) is 5.69. The van der Waals surface area contributed by atoms with Crippen LogP contribution in [0.1, 0.15) is 28.0 Å². The molecule has 0 aliphatic carbocycles. The Labute approximate surface area is 173 Å². The average Bonchev–Trinajstić information content (AvgIpc) is 3.09. The first-order valence-corrected chi connectivity index (χ1v) is 10.6. The van der Waals surface area contributed by atoms with E-state index in [1.165, 1.54) is 12.1 Å². The summed E-state index contributed by atoms with van der Waals surface area (Å²) in [6.45, 7) is 1.83. The first-order chi connectivity index (χ1) is 14.1. The Morgan fingerprint density at radius 1 is 1.03 bits per heavy atom. The third-order valence-electron chi connectivity index (χ3n) is 4.76. The Hall–Kier alpha value is -3.43. The van der Waals surface area contributed by atoms with E-state index in [4.69, 9.17) is 16.0 Å². The number of carboxylic acid groups (broad SMARTS) is 1. The van der Waals surface area contributed by atoms with Gasteiger partial charge in [0.1, 0.15) is 0 Å². The number of aliphatic carboxylic acids is 1. The van der Waals surface area contributed by atoms with Crippen LogP contribution in [0, 0.1) is 6.92 Å². The number of primary sulfonamides is 1. The van der Waals surface area contributed by atoms with Crippen LogP contribution < -0.4 is 10.9 Å². The fraction of sp³-hybridized carbons (Fsp3) is 0.143. The number of sulfonamides is 1. The van der Waals surface area contributed by atoms with Crippen molar-refractivity contribution < 1.29 is 23.1 Å². The molecule has 9 heteroatoms. The lowest BCUT2D eigenvalue weighted by atomic mass is 10.1. The van der Waals surface area contributed by atoms with Crippen LogP contribution in [0.4, 0.5) is 0 Å². The Morgan fingerprint density at radius 2 is 1.70 bits per heavy atom. The number of rotatable bonds is 7. The van der Waals surface area contributed by atoms with E-state index in [-0.39, 0.29) is 11.3 Å². The molecule has 30 heavy (non-hydrogen) atoms. The quantitative estimate of drug-likeness (QED) is 0.529. The maximum Gasteiger partial charge on any atom is 0.303 e. The number of aryl methyl sites for hydroxylation is 2. The molecule has 156 valence electrons. The van der Waals surface area contributed by atoms with Crippen LogP contribution in [0.5, 0.6) is 0 Å². The number of primary amides is 1. The van der Waals surface area contributed by atoms with Gasteiger partial charge in [-0.15, -0.1) is 0 Å². The number of nitrogens with zero attached hydrogens (tertiary/aromatic N) is 1. The van der Waals surface area contributed by atoms with Crippen LogP contribution in [0.2, 0.25) is 0 Å². The minimum atomic E-state index is -3.81. The van der Waals surface area contributed by atoms with Crippen LogP contribution in [0.3, 0.4) is 0 Å². The van der Waals surface area contributed by atoms with Gasteiger partial charge < -0.3 is 15.4 Å². The van der Waals surface area contributed by atoms with Crippen molar-refractivity contribution in [3.05, 3.63) is 71.4 Å². The fourth-order valence-electron chi connectivity index (χ4n) is 3.29. The van der Waals surface area contributed by atoms with Gasteiger partial charge in [0.2, 0.25) is 15.9 Å². The number of hydrogen-bond acceptors (Lipinski definition) is 4. The zero-order valence-corrected chi connectivity index (χ0v) is 17.0. The van der Waals surface area contributed by atoms with Gasteiger partial charge in [-0.2, -0.15) is 0 Å². The van der Waals surface area contributed by atoms with Gasteiger partial charge in [0.25, 0.3) is 0 Å². The summed E-state index contributed by atoms with van der Waals surface area (Å²) in [6, 6.07) is 14.8. The molecular weight excluding hydrogens is 406 g/mol. The standard InChI is InChI=1S/C21H21N3O5S/c1-13-12-15(21(22)27)4-9-18(13)24-16(6-11-20(25)26)5-10-19(24)14-2-7-17(8-3-14)30(23,28)29/h2-5,7-10,12H,6,11H2,1H3,(H2,22,27)(H,25,26)(H2,23,28,29). The highest BCUT2D eigenvalue weighted by Crippen LogP contribution is 2.30. The smallest absolute Gasteiger partial charge is 0.303 e. The molecule has 0 unspecified atom stereocenters. The van der Waals surface area contributed by atoms with Gasteiger partial charge in [0.15, 0.2) is 0 Å². The van der Waals surface area contributed by atoms with Gasteiger partial charge in [-0.1, -0.05) is 12.1 Å². The summed E-state index contributed by atoms with van der Waals surface area (Å²) >= 11 is 0. The summed E-state index contributed by atoms with van der Waals surface area (Å²) in [5.41, 5.74) is 9.50. The fourth-order valence-corrected chi connectivity index (χ4v) is 3.81. The van der Waals surface area contributed by atoms with Crippen molar-refractivity contribution in [3.63, 3.8) is 0 Å². The molecule has 5 N–H and O–H groups in total. The van der Waals surface area contributed by atoms with Crippen LogP contribution in [-0.4, -0.2) is 30.0 Å². The van der Waals surface area contributed by atoms with Crippen molar-refractivity contribution in [2.75, 3.05) is 0 Å². The number of carbonyl (C=O) groups is 2. The van der Waals surface area contributed by atoms with Crippen LogP contribution in [0.25, 0.3) is 16.9 Å². The molecule has 1 amide bonds. The highest BCUT2D eigenvalue weighted by Gasteiger charge is 2.16.